The third kappa shape index (κ3) is 3.28. The second kappa shape index (κ2) is 7.36. The number of ether oxygens (including phenoxy) is 1. The number of H-pyrrole nitrogens is 1. The molecule has 2 fully saturated rings. The van der Waals surface area contributed by atoms with Crippen LogP contribution in [0.3, 0.4) is 0 Å². The van der Waals surface area contributed by atoms with Gasteiger partial charge in [0.1, 0.15) is 17.8 Å². The predicted octanol–water partition coefficient (Wildman–Crippen LogP) is 4.02. The average Bonchev–Trinajstić information content (AvgIpc) is 3.53. The molecule has 0 spiro atoms. The SMILES string of the molecule is C[C@@H]1CN([C@H]2CCc3ccccc3[C@@H]2Nc2ncnc3[nH]c(C4CC4)cc23)CCO1. The van der Waals surface area contributed by atoms with Crippen LogP contribution >= 0.6 is 0 Å². The summed E-state index contributed by atoms with van der Waals surface area (Å²) in [6.07, 6.45) is 6.79. The van der Waals surface area contributed by atoms with Crippen LogP contribution in [0.1, 0.15) is 55.0 Å². The Kier molecular flexibility index (Phi) is 4.50. The average molecular weight is 404 g/mol. The maximum absolute atomic E-state index is 5.82. The second-order valence-electron chi connectivity index (χ2n) is 9.09. The summed E-state index contributed by atoms with van der Waals surface area (Å²) in [7, 11) is 0. The number of nitrogens with zero attached hydrogens (tertiary/aromatic N) is 3. The lowest BCUT2D eigenvalue weighted by Crippen LogP contribution is -2.51. The van der Waals surface area contributed by atoms with E-state index in [0.29, 0.717) is 12.0 Å². The van der Waals surface area contributed by atoms with Crippen molar-refractivity contribution in [3.8, 4) is 0 Å². The molecule has 6 heteroatoms. The molecule has 2 N–H and O–H groups in total. The van der Waals surface area contributed by atoms with Crippen LogP contribution in [0.25, 0.3) is 11.0 Å². The molecular formula is C24H29N5O. The van der Waals surface area contributed by atoms with Crippen molar-refractivity contribution in [2.45, 2.75) is 56.7 Å². The Morgan fingerprint density at radius 3 is 2.93 bits per heavy atom. The van der Waals surface area contributed by atoms with Gasteiger partial charge in [-0.15, -0.1) is 0 Å². The van der Waals surface area contributed by atoms with Gasteiger partial charge in [0.05, 0.1) is 24.1 Å². The number of aromatic amines is 1. The van der Waals surface area contributed by atoms with Crippen LogP contribution in [0, 0.1) is 0 Å². The van der Waals surface area contributed by atoms with Gasteiger partial charge in [-0.1, -0.05) is 24.3 Å². The Labute approximate surface area is 177 Å². The molecule has 0 unspecified atom stereocenters. The third-order valence-electron chi connectivity index (χ3n) is 6.98. The minimum Gasteiger partial charge on any atom is -0.376 e. The van der Waals surface area contributed by atoms with Gasteiger partial charge in [0.15, 0.2) is 0 Å². The standard InChI is InChI=1S/C24H29N5O/c1-15-13-29(10-11-30-15)21-9-8-16-4-2-3-5-18(16)22(21)28-24-19-12-20(17-6-7-17)27-23(19)25-14-26-24/h2-5,12,14-15,17,21-22H,6-11,13H2,1H3,(H2,25,26,27,28)/t15-,21+,22+/m1/s1. The van der Waals surface area contributed by atoms with Crippen molar-refractivity contribution in [2.24, 2.45) is 0 Å². The number of aryl methyl sites for hydroxylation is 1. The Balaban J connectivity index is 1.38. The molecule has 3 heterocycles. The van der Waals surface area contributed by atoms with Crippen LogP contribution in [0.2, 0.25) is 0 Å². The molecule has 6 nitrogen and oxygen atoms in total. The molecular weight excluding hydrogens is 374 g/mol. The Morgan fingerprint density at radius 1 is 1.17 bits per heavy atom. The molecule has 0 radical (unpaired) electrons. The Bertz CT molecular complexity index is 1060. The van der Waals surface area contributed by atoms with Gasteiger partial charge < -0.3 is 15.0 Å². The highest BCUT2D eigenvalue weighted by atomic mass is 16.5. The van der Waals surface area contributed by atoms with Crippen LogP contribution < -0.4 is 5.32 Å². The first-order chi connectivity index (χ1) is 14.8. The van der Waals surface area contributed by atoms with Gasteiger partial charge >= 0.3 is 0 Å². The molecule has 0 bridgehead atoms. The van der Waals surface area contributed by atoms with E-state index in [1.807, 2.05) is 0 Å². The van der Waals surface area contributed by atoms with Crippen LogP contribution in [0.5, 0.6) is 0 Å². The fraction of sp³-hybridized carbons (Fsp3) is 0.500. The van der Waals surface area contributed by atoms with E-state index in [9.17, 15) is 0 Å². The quantitative estimate of drug-likeness (QED) is 0.689. The van der Waals surface area contributed by atoms with Crippen LogP contribution in [0.15, 0.2) is 36.7 Å². The zero-order chi connectivity index (χ0) is 20.1. The number of nitrogens with one attached hydrogen (secondary N) is 2. The van der Waals surface area contributed by atoms with E-state index < -0.39 is 0 Å². The highest BCUT2D eigenvalue weighted by Gasteiger charge is 2.36. The lowest BCUT2D eigenvalue weighted by Gasteiger charge is -2.44. The van der Waals surface area contributed by atoms with Crippen molar-refractivity contribution in [1.82, 2.24) is 19.9 Å². The number of morpholine rings is 1. The molecule has 2 aliphatic carbocycles. The number of benzene rings is 1. The molecule has 1 aliphatic heterocycles. The van der Waals surface area contributed by atoms with Gasteiger partial charge in [0.2, 0.25) is 0 Å². The summed E-state index contributed by atoms with van der Waals surface area (Å²) in [5.41, 5.74) is 5.09. The summed E-state index contributed by atoms with van der Waals surface area (Å²) in [4.78, 5) is 15.3. The van der Waals surface area contributed by atoms with Gasteiger partial charge in [-0.05, 0) is 55.7 Å². The highest BCUT2D eigenvalue weighted by molar-refractivity contribution is 5.88. The molecule has 2 aromatic heterocycles. The third-order valence-corrected chi connectivity index (χ3v) is 6.98. The van der Waals surface area contributed by atoms with Gasteiger partial charge in [0.25, 0.3) is 0 Å². The van der Waals surface area contributed by atoms with Crippen molar-refractivity contribution in [3.05, 3.63) is 53.5 Å². The van der Waals surface area contributed by atoms with E-state index in [-0.39, 0.29) is 12.1 Å². The maximum atomic E-state index is 5.82. The zero-order valence-electron chi connectivity index (χ0n) is 17.5. The Morgan fingerprint density at radius 2 is 2.07 bits per heavy atom. The van der Waals surface area contributed by atoms with Crippen molar-refractivity contribution in [3.63, 3.8) is 0 Å². The fourth-order valence-electron chi connectivity index (χ4n) is 5.29. The number of aromatic nitrogens is 3. The largest absolute Gasteiger partial charge is 0.376 e. The van der Waals surface area contributed by atoms with E-state index >= 15 is 0 Å². The van der Waals surface area contributed by atoms with E-state index in [4.69, 9.17) is 4.74 Å². The van der Waals surface area contributed by atoms with Crippen molar-refractivity contribution in [1.29, 1.82) is 0 Å². The summed E-state index contributed by atoms with van der Waals surface area (Å²) in [6.45, 7) is 4.97. The first kappa shape index (κ1) is 18.3. The Hall–Kier alpha value is -2.44. The minimum absolute atomic E-state index is 0.206. The van der Waals surface area contributed by atoms with E-state index in [1.54, 1.807) is 6.33 Å². The van der Waals surface area contributed by atoms with Gasteiger partial charge in [-0.25, -0.2) is 9.97 Å². The molecule has 3 aliphatic rings. The van der Waals surface area contributed by atoms with Crippen molar-refractivity contribution < 1.29 is 4.74 Å². The number of anilines is 1. The molecule has 1 aromatic carbocycles. The van der Waals surface area contributed by atoms with Crippen LogP contribution in [0.4, 0.5) is 5.82 Å². The lowest BCUT2D eigenvalue weighted by molar-refractivity contribution is -0.0391. The first-order valence-corrected chi connectivity index (χ1v) is 11.3. The molecule has 1 saturated heterocycles. The van der Waals surface area contributed by atoms with Crippen molar-refractivity contribution in [2.75, 3.05) is 25.0 Å². The summed E-state index contributed by atoms with van der Waals surface area (Å²) in [5, 5.41) is 4.97. The monoisotopic (exact) mass is 403 g/mol. The van der Waals surface area contributed by atoms with Gasteiger partial charge in [-0.2, -0.15) is 0 Å². The number of hydrogen-bond acceptors (Lipinski definition) is 5. The predicted molar refractivity (Wildman–Crippen MR) is 118 cm³/mol. The van der Waals surface area contributed by atoms with Gasteiger partial charge in [-0.3, -0.25) is 4.90 Å². The molecule has 3 aromatic rings. The topological polar surface area (TPSA) is 66.1 Å². The smallest absolute Gasteiger partial charge is 0.143 e. The van der Waals surface area contributed by atoms with Crippen LogP contribution in [-0.2, 0) is 11.2 Å². The minimum atomic E-state index is 0.206. The molecule has 1 saturated carbocycles. The van der Waals surface area contributed by atoms with E-state index in [2.05, 4.69) is 62.4 Å². The molecule has 30 heavy (non-hydrogen) atoms. The fourth-order valence-corrected chi connectivity index (χ4v) is 5.29. The summed E-state index contributed by atoms with van der Waals surface area (Å²) >= 11 is 0. The van der Waals surface area contributed by atoms with Crippen LogP contribution in [-0.4, -0.2) is 51.7 Å². The van der Waals surface area contributed by atoms with E-state index in [0.717, 1.165) is 49.4 Å². The maximum Gasteiger partial charge on any atom is 0.143 e. The molecule has 156 valence electrons. The zero-order valence-corrected chi connectivity index (χ0v) is 17.5. The normalized spacial score (nSPS) is 27.2. The van der Waals surface area contributed by atoms with Crippen molar-refractivity contribution >= 4 is 16.9 Å². The summed E-state index contributed by atoms with van der Waals surface area (Å²) < 4.78 is 5.82. The summed E-state index contributed by atoms with van der Waals surface area (Å²) in [5.74, 6) is 1.61. The van der Waals surface area contributed by atoms with Gasteiger partial charge in [0, 0.05) is 24.8 Å². The van der Waals surface area contributed by atoms with E-state index in [1.165, 1.54) is 29.7 Å². The lowest BCUT2D eigenvalue weighted by atomic mass is 9.83. The molecule has 0 amide bonds. The number of hydrogen-bond donors (Lipinski definition) is 2. The first-order valence-electron chi connectivity index (χ1n) is 11.3. The molecule has 3 atom stereocenters. The molecule has 6 rings (SSSR count). The second-order valence-corrected chi connectivity index (χ2v) is 9.09. The number of rotatable bonds is 4. The number of fused-ring (bicyclic) bond motifs is 2. The highest BCUT2D eigenvalue weighted by Crippen LogP contribution is 2.42. The summed E-state index contributed by atoms with van der Waals surface area (Å²) in [6, 6.07) is 11.8.